The van der Waals surface area contributed by atoms with Gasteiger partial charge in [0.05, 0.1) is 12.5 Å². The first-order valence-electron chi connectivity index (χ1n) is 7.41. The lowest BCUT2D eigenvalue weighted by Gasteiger charge is -2.31. The maximum atomic E-state index is 12.2. The van der Waals surface area contributed by atoms with Crippen LogP contribution in [0.5, 0.6) is 0 Å². The van der Waals surface area contributed by atoms with Crippen molar-refractivity contribution in [3.8, 4) is 0 Å². The van der Waals surface area contributed by atoms with E-state index in [0.717, 1.165) is 30.8 Å². The molecule has 6 nitrogen and oxygen atoms in total. The number of thiophene rings is 1. The minimum Gasteiger partial charge on any atom is -0.368 e. The predicted molar refractivity (Wildman–Crippen MR) is 81.4 cm³/mol. The Labute approximate surface area is 133 Å². The van der Waals surface area contributed by atoms with Gasteiger partial charge in [0.2, 0.25) is 5.91 Å². The SMILES string of the molecule is Cc1noc(COC2CCN(C(=O)Cc3cccs3)CC2)n1. The molecule has 2 aromatic heterocycles. The van der Waals surface area contributed by atoms with Gasteiger partial charge in [-0.3, -0.25) is 4.79 Å². The van der Waals surface area contributed by atoms with Gasteiger partial charge in [-0.25, -0.2) is 0 Å². The van der Waals surface area contributed by atoms with E-state index in [2.05, 4.69) is 10.1 Å². The number of amides is 1. The number of rotatable bonds is 5. The van der Waals surface area contributed by atoms with Gasteiger partial charge in [-0.05, 0) is 31.2 Å². The zero-order valence-electron chi connectivity index (χ0n) is 12.5. The van der Waals surface area contributed by atoms with E-state index in [4.69, 9.17) is 9.26 Å². The normalized spacial score (nSPS) is 16.1. The topological polar surface area (TPSA) is 68.5 Å². The summed E-state index contributed by atoms with van der Waals surface area (Å²) in [5, 5.41) is 5.73. The first-order chi connectivity index (χ1) is 10.7. The third-order valence-electron chi connectivity index (χ3n) is 3.71. The quantitative estimate of drug-likeness (QED) is 0.844. The third-order valence-corrected chi connectivity index (χ3v) is 4.59. The third kappa shape index (κ3) is 3.92. The van der Waals surface area contributed by atoms with Crippen molar-refractivity contribution in [2.24, 2.45) is 0 Å². The Morgan fingerprint density at radius 2 is 2.32 bits per heavy atom. The highest BCUT2D eigenvalue weighted by molar-refractivity contribution is 7.10. The fourth-order valence-corrected chi connectivity index (χ4v) is 3.23. The average Bonchev–Trinajstić information content (AvgIpc) is 3.17. The first-order valence-corrected chi connectivity index (χ1v) is 8.29. The Hall–Kier alpha value is -1.73. The standard InChI is InChI=1S/C15H19N3O3S/c1-11-16-14(21-17-11)10-20-12-4-6-18(7-5-12)15(19)9-13-3-2-8-22-13/h2-3,8,12H,4-7,9-10H2,1H3. The Balaban J connectivity index is 1.41. The van der Waals surface area contributed by atoms with Crippen LogP contribution < -0.4 is 0 Å². The predicted octanol–water partition coefficient (Wildman–Crippen LogP) is 2.19. The van der Waals surface area contributed by atoms with Gasteiger partial charge in [0.1, 0.15) is 6.61 Å². The van der Waals surface area contributed by atoms with Crippen molar-refractivity contribution in [1.29, 1.82) is 0 Å². The molecular weight excluding hydrogens is 302 g/mol. The fourth-order valence-electron chi connectivity index (χ4n) is 2.53. The van der Waals surface area contributed by atoms with Crippen LogP contribution in [0.25, 0.3) is 0 Å². The molecule has 0 bridgehead atoms. The van der Waals surface area contributed by atoms with E-state index in [-0.39, 0.29) is 12.0 Å². The molecule has 0 aromatic carbocycles. The van der Waals surface area contributed by atoms with E-state index >= 15 is 0 Å². The van der Waals surface area contributed by atoms with Crippen molar-refractivity contribution in [3.63, 3.8) is 0 Å². The second-order valence-corrected chi connectivity index (χ2v) is 6.41. The molecule has 0 N–H and O–H groups in total. The average molecular weight is 321 g/mol. The van der Waals surface area contributed by atoms with Crippen molar-refractivity contribution in [1.82, 2.24) is 15.0 Å². The van der Waals surface area contributed by atoms with Crippen LogP contribution in [0.15, 0.2) is 22.0 Å². The molecule has 3 heterocycles. The molecule has 0 saturated carbocycles. The highest BCUT2D eigenvalue weighted by atomic mass is 32.1. The van der Waals surface area contributed by atoms with E-state index < -0.39 is 0 Å². The lowest BCUT2D eigenvalue weighted by Crippen LogP contribution is -2.41. The molecular formula is C15H19N3O3S. The number of hydrogen-bond donors (Lipinski definition) is 0. The summed E-state index contributed by atoms with van der Waals surface area (Å²) in [5.74, 6) is 1.33. The monoisotopic (exact) mass is 321 g/mol. The zero-order valence-corrected chi connectivity index (χ0v) is 13.3. The van der Waals surface area contributed by atoms with Crippen LogP contribution in [0.1, 0.15) is 29.4 Å². The maximum absolute atomic E-state index is 12.2. The van der Waals surface area contributed by atoms with Crippen molar-refractivity contribution in [2.45, 2.75) is 38.9 Å². The molecule has 1 aliphatic heterocycles. The highest BCUT2D eigenvalue weighted by Gasteiger charge is 2.23. The number of aromatic nitrogens is 2. The summed E-state index contributed by atoms with van der Waals surface area (Å²) in [6.07, 6.45) is 2.36. The van der Waals surface area contributed by atoms with E-state index in [1.165, 1.54) is 0 Å². The number of carbonyl (C=O) groups excluding carboxylic acids is 1. The molecule has 3 rings (SSSR count). The number of piperidine rings is 1. The smallest absolute Gasteiger partial charge is 0.252 e. The molecule has 118 valence electrons. The van der Waals surface area contributed by atoms with Gasteiger partial charge in [-0.15, -0.1) is 11.3 Å². The van der Waals surface area contributed by atoms with Crippen molar-refractivity contribution in [3.05, 3.63) is 34.1 Å². The molecule has 0 atom stereocenters. The van der Waals surface area contributed by atoms with Gasteiger partial charge in [0, 0.05) is 18.0 Å². The Kier molecular flexibility index (Phi) is 4.84. The Morgan fingerprint density at radius 1 is 1.50 bits per heavy atom. The van der Waals surface area contributed by atoms with Crippen LogP contribution in [-0.4, -0.2) is 40.1 Å². The molecule has 0 spiro atoms. The van der Waals surface area contributed by atoms with Crippen molar-refractivity contribution in [2.75, 3.05) is 13.1 Å². The number of hydrogen-bond acceptors (Lipinski definition) is 6. The number of likely N-dealkylation sites (tertiary alicyclic amines) is 1. The van der Waals surface area contributed by atoms with E-state index in [1.807, 2.05) is 22.4 Å². The fraction of sp³-hybridized carbons (Fsp3) is 0.533. The van der Waals surface area contributed by atoms with Gasteiger partial charge in [0.25, 0.3) is 5.89 Å². The Morgan fingerprint density at radius 3 is 2.95 bits per heavy atom. The summed E-state index contributed by atoms with van der Waals surface area (Å²) < 4.78 is 10.8. The van der Waals surface area contributed by atoms with Crippen LogP contribution in [0.3, 0.4) is 0 Å². The summed E-state index contributed by atoms with van der Waals surface area (Å²) >= 11 is 1.63. The van der Waals surface area contributed by atoms with E-state index in [0.29, 0.717) is 24.7 Å². The summed E-state index contributed by atoms with van der Waals surface area (Å²) in [5.41, 5.74) is 0. The Bertz CT molecular complexity index is 603. The molecule has 1 amide bonds. The lowest BCUT2D eigenvalue weighted by atomic mass is 10.1. The van der Waals surface area contributed by atoms with Gasteiger partial charge >= 0.3 is 0 Å². The molecule has 7 heteroatoms. The largest absolute Gasteiger partial charge is 0.368 e. The summed E-state index contributed by atoms with van der Waals surface area (Å²) in [7, 11) is 0. The molecule has 22 heavy (non-hydrogen) atoms. The number of ether oxygens (including phenoxy) is 1. The summed E-state index contributed by atoms with van der Waals surface area (Å²) in [6, 6.07) is 3.98. The van der Waals surface area contributed by atoms with Crippen LogP contribution in [0, 0.1) is 6.92 Å². The number of aryl methyl sites for hydroxylation is 1. The molecule has 0 unspecified atom stereocenters. The highest BCUT2D eigenvalue weighted by Crippen LogP contribution is 2.17. The zero-order chi connectivity index (χ0) is 15.4. The van der Waals surface area contributed by atoms with Crippen LogP contribution in [0.4, 0.5) is 0 Å². The first kappa shape index (κ1) is 15.2. The molecule has 0 aliphatic carbocycles. The molecule has 1 fully saturated rings. The second kappa shape index (κ2) is 7.02. The maximum Gasteiger partial charge on any atom is 0.252 e. The van der Waals surface area contributed by atoms with E-state index in [9.17, 15) is 4.79 Å². The lowest BCUT2D eigenvalue weighted by molar-refractivity contribution is -0.133. The minimum atomic E-state index is 0.151. The van der Waals surface area contributed by atoms with Crippen molar-refractivity contribution < 1.29 is 14.1 Å². The van der Waals surface area contributed by atoms with Gasteiger partial charge in [-0.1, -0.05) is 11.2 Å². The van der Waals surface area contributed by atoms with Crippen LogP contribution in [0.2, 0.25) is 0 Å². The van der Waals surface area contributed by atoms with Gasteiger partial charge in [0.15, 0.2) is 5.82 Å². The van der Waals surface area contributed by atoms with Crippen LogP contribution in [-0.2, 0) is 22.6 Å². The molecule has 1 aliphatic rings. The summed E-state index contributed by atoms with van der Waals surface area (Å²) in [6.45, 7) is 3.62. The number of nitrogens with zero attached hydrogens (tertiary/aromatic N) is 3. The number of carbonyl (C=O) groups is 1. The van der Waals surface area contributed by atoms with Gasteiger partial charge in [-0.2, -0.15) is 4.98 Å². The van der Waals surface area contributed by atoms with Gasteiger partial charge < -0.3 is 14.2 Å². The van der Waals surface area contributed by atoms with Crippen molar-refractivity contribution >= 4 is 17.2 Å². The molecule has 0 radical (unpaired) electrons. The molecule has 2 aromatic rings. The van der Waals surface area contributed by atoms with E-state index in [1.54, 1.807) is 18.3 Å². The minimum absolute atomic E-state index is 0.151. The van der Waals surface area contributed by atoms with Crippen LogP contribution >= 0.6 is 11.3 Å². The second-order valence-electron chi connectivity index (χ2n) is 5.38. The molecule has 1 saturated heterocycles. The summed E-state index contributed by atoms with van der Waals surface area (Å²) in [4.78, 5) is 19.4.